The number of benzene rings is 1. The van der Waals surface area contributed by atoms with Gasteiger partial charge in [-0.25, -0.2) is 4.79 Å². The standard InChI is InChI=1S/C25H36N2O4/c1-2-30-24(28)12-8-13-26-25(29)31-23-17-19-16-20(23)21-11-6-7-14-27(21)22(19)15-18-9-4-3-5-10-18/h3-5,9-10,19-23H,2,6-8,11-17H2,1H3,(H,26,29)/t19?,20?,21-,22+,23?/m1/s1. The Bertz CT molecular complexity index is 740. The molecule has 2 heterocycles. The molecule has 5 atom stereocenters. The van der Waals surface area contributed by atoms with Gasteiger partial charge in [-0.1, -0.05) is 36.8 Å². The quantitative estimate of drug-likeness (QED) is 0.502. The number of piperidine rings is 2. The minimum Gasteiger partial charge on any atom is -0.466 e. The van der Waals surface area contributed by atoms with Gasteiger partial charge in [0.05, 0.1) is 6.61 Å². The van der Waals surface area contributed by atoms with E-state index in [0.29, 0.717) is 49.9 Å². The minimum absolute atomic E-state index is 0.00132. The number of hydrogen-bond acceptors (Lipinski definition) is 5. The van der Waals surface area contributed by atoms with Crippen molar-refractivity contribution in [3.63, 3.8) is 0 Å². The van der Waals surface area contributed by atoms with Gasteiger partial charge in [0.2, 0.25) is 0 Å². The molecule has 1 N–H and O–H groups in total. The number of carbonyl (C=O) groups excluding carboxylic acids is 2. The van der Waals surface area contributed by atoms with Crippen molar-refractivity contribution < 1.29 is 19.1 Å². The Kier molecular flexibility index (Phi) is 7.49. The zero-order valence-corrected chi connectivity index (χ0v) is 18.6. The van der Waals surface area contributed by atoms with Gasteiger partial charge in [0, 0.05) is 31.0 Å². The van der Waals surface area contributed by atoms with E-state index >= 15 is 0 Å². The number of amides is 1. The molecule has 1 aliphatic carbocycles. The highest BCUT2D eigenvalue weighted by Crippen LogP contribution is 2.48. The Hall–Kier alpha value is -2.08. The molecule has 1 amide bonds. The van der Waals surface area contributed by atoms with Crippen LogP contribution in [0.2, 0.25) is 0 Å². The van der Waals surface area contributed by atoms with Crippen molar-refractivity contribution in [1.29, 1.82) is 0 Å². The Balaban J connectivity index is 1.33. The zero-order chi connectivity index (χ0) is 21.6. The first kappa shape index (κ1) is 22.1. The lowest BCUT2D eigenvalue weighted by atomic mass is 9.79. The fourth-order valence-electron chi connectivity index (χ4n) is 6.02. The normalized spacial score (nSPS) is 29.8. The number of fused-ring (bicyclic) bond motifs is 4. The van der Waals surface area contributed by atoms with Gasteiger partial charge in [0.15, 0.2) is 0 Å². The Morgan fingerprint density at radius 3 is 2.81 bits per heavy atom. The first-order valence-corrected chi connectivity index (χ1v) is 12.1. The summed E-state index contributed by atoms with van der Waals surface area (Å²) in [5.74, 6) is 0.813. The molecular formula is C25H36N2O4. The van der Waals surface area contributed by atoms with Crippen molar-refractivity contribution in [2.24, 2.45) is 11.8 Å². The molecule has 1 saturated carbocycles. The lowest BCUT2D eigenvalue weighted by Crippen LogP contribution is -2.56. The van der Waals surface area contributed by atoms with E-state index in [0.717, 1.165) is 12.8 Å². The fourth-order valence-corrected chi connectivity index (χ4v) is 6.02. The van der Waals surface area contributed by atoms with Crippen molar-refractivity contribution in [2.45, 2.75) is 76.5 Å². The SMILES string of the molecule is CCOC(=O)CCCNC(=O)OC1CC2CC1[C@H]1CCCCN1[C@H]2Cc1ccccc1. The highest BCUT2D eigenvalue weighted by Gasteiger charge is 2.52. The molecule has 6 nitrogen and oxygen atoms in total. The molecule has 0 spiro atoms. The van der Waals surface area contributed by atoms with Gasteiger partial charge in [0.1, 0.15) is 6.10 Å². The third-order valence-corrected chi connectivity index (χ3v) is 7.32. The Morgan fingerprint density at radius 2 is 2.00 bits per heavy atom. The number of carbonyl (C=O) groups is 2. The summed E-state index contributed by atoms with van der Waals surface area (Å²) in [6, 6.07) is 11.9. The van der Waals surface area contributed by atoms with Crippen molar-refractivity contribution in [1.82, 2.24) is 10.2 Å². The number of ether oxygens (including phenoxy) is 2. The highest BCUT2D eigenvalue weighted by atomic mass is 16.6. The van der Waals surface area contributed by atoms with E-state index in [2.05, 4.69) is 40.5 Å². The third-order valence-electron chi connectivity index (χ3n) is 7.32. The van der Waals surface area contributed by atoms with Crippen LogP contribution in [0.25, 0.3) is 0 Å². The zero-order valence-electron chi connectivity index (χ0n) is 18.6. The van der Waals surface area contributed by atoms with Crippen LogP contribution in [0.5, 0.6) is 0 Å². The molecule has 0 radical (unpaired) electrons. The molecule has 3 fully saturated rings. The van der Waals surface area contributed by atoms with Crippen molar-refractivity contribution in [3.05, 3.63) is 35.9 Å². The number of nitrogens with zero attached hydrogens (tertiary/aromatic N) is 1. The fraction of sp³-hybridized carbons (Fsp3) is 0.680. The summed E-state index contributed by atoms with van der Waals surface area (Å²) in [4.78, 5) is 26.6. The van der Waals surface area contributed by atoms with Crippen LogP contribution in [0.15, 0.2) is 30.3 Å². The second kappa shape index (κ2) is 10.5. The Morgan fingerprint density at radius 1 is 1.16 bits per heavy atom. The van der Waals surface area contributed by atoms with Crippen LogP contribution in [0.4, 0.5) is 4.79 Å². The molecule has 2 aliphatic heterocycles. The summed E-state index contributed by atoms with van der Waals surface area (Å²) < 4.78 is 10.9. The lowest BCUT2D eigenvalue weighted by molar-refractivity contribution is -0.143. The van der Waals surface area contributed by atoms with Crippen LogP contribution in [0.1, 0.15) is 57.4 Å². The molecule has 31 heavy (non-hydrogen) atoms. The molecule has 2 bridgehead atoms. The molecule has 1 aromatic rings. The van der Waals surface area contributed by atoms with Crippen LogP contribution in [0.3, 0.4) is 0 Å². The van der Waals surface area contributed by atoms with E-state index in [1.54, 1.807) is 6.92 Å². The Labute approximate surface area is 185 Å². The summed E-state index contributed by atoms with van der Waals surface area (Å²) in [5, 5.41) is 2.83. The van der Waals surface area contributed by atoms with Crippen molar-refractivity contribution in [3.8, 4) is 0 Å². The number of nitrogens with one attached hydrogen (secondary N) is 1. The van der Waals surface area contributed by atoms with Gasteiger partial charge in [-0.2, -0.15) is 0 Å². The van der Waals surface area contributed by atoms with E-state index < -0.39 is 0 Å². The van der Waals surface area contributed by atoms with Gasteiger partial charge in [-0.3, -0.25) is 9.69 Å². The first-order valence-electron chi connectivity index (χ1n) is 12.1. The van der Waals surface area contributed by atoms with Gasteiger partial charge >= 0.3 is 12.1 Å². The van der Waals surface area contributed by atoms with E-state index in [-0.39, 0.29) is 18.2 Å². The molecule has 170 valence electrons. The van der Waals surface area contributed by atoms with E-state index in [1.165, 1.54) is 37.8 Å². The van der Waals surface area contributed by atoms with E-state index in [1.807, 2.05) is 0 Å². The van der Waals surface area contributed by atoms with Crippen LogP contribution in [-0.2, 0) is 20.7 Å². The predicted molar refractivity (Wildman–Crippen MR) is 119 cm³/mol. The molecule has 3 unspecified atom stereocenters. The molecule has 2 saturated heterocycles. The second-order valence-electron chi connectivity index (χ2n) is 9.23. The highest BCUT2D eigenvalue weighted by molar-refractivity contribution is 5.70. The molecule has 4 rings (SSSR count). The summed E-state index contributed by atoms with van der Waals surface area (Å²) >= 11 is 0. The number of alkyl carbamates (subject to hydrolysis) is 1. The monoisotopic (exact) mass is 428 g/mol. The summed E-state index contributed by atoms with van der Waals surface area (Å²) in [6.45, 7) is 3.79. The van der Waals surface area contributed by atoms with E-state index in [4.69, 9.17) is 9.47 Å². The number of hydrogen-bond donors (Lipinski definition) is 1. The minimum atomic E-state index is -0.344. The number of rotatable bonds is 8. The maximum atomic E-state index is 12.4. The smallest absolute Gasteiger partial charge is 0.407 e. The van der Waals surface area contributed by atoms with E-state index in [9.17, 15) is 9.59 Å². The third kappa shape index (κ3) is 5.40. The molecule has 6 heteroatoms. The average molecular weight is 429 g/mol. The van der Waals surface area contributed by atoms with Crippen LogP contribution < -0.4 is 5.32 Å². The topological polar surface area (TPSA) is 67.9 Å². The molecule has 3 aliphatic rings. The second-order valence-corrected chi connectivity index (χ2v) is 9.23. The predicted octanol–water partition coefficient (Wildman–Crippen LogP) is 3.93. The van der Waals surface area contributed by atoms with Crippen LogP contribution in [-0.4, -0.2) is 54.8 Å². The largest absolute Gasteiger partial charge is 0.466 e. The van der Waals surface area contributed by atoms with Gasteiger partial charge in [0.25, 0.3) is 0 Å². The van der Waals surface area contributed by atoms with Gasteiger partial charge in [-0.05, 0) is 63.5 Å². The van der Waals surface area contributed by atoms with Gasteiger partial charge < -0.3 is 14.8 Å². The van der Waals surface area contributed by atoms with Crippen LogP contribution >= 0.6 is 0 Å². The average Bonchev–Trinajstić information content (AvgIpc) is 3.14. The first-order chi connectivity index (χ1) is 15.2. The van der Waals surface area contributed by atoms with Crippen molar-refractivity contribution in [2.75, 3.05) is 19.7 Å². The number of esters is 1. The molecular weight excluding hydrogens is 392 g/mol. The van der Waals surface area contributed by atoms with Gasteiger partial charge in [-0.15, -0.1) is 0 Å². The van der Waals surface area contributed by atoms with Crippen molar-refractivity contribution >= 4 is 12.1 Å². The maximum absolute atomic E-state index is 12.4. The summed E-state index contributed by atoms with van der Waals surface area (Å²) in [6.07, 6.45) is 7.52. The maximum Gasteiger partial charge on any atom is 0.407 e. The summed E-state index contributed by atoms with van der Waals surface area (Å²) in [5.41, 5.74) is 1.40. The summed E-state index contributed by atoms with van der Waals surface area (Å²) in [7, 11) is 0. The lowest BCUT2D eigenvalue weighted by Gasteiger charge is -2.49. The molecule has 1 aromatic carbocycles. The van der Waals surface area contributed by atoms with Crippen LogP contribution in [0, 0.1) is 11.8 Å². The molecule has 0 aromatic heterocycles.